The first-order valence-electron chi connectivity index (χ1n) is 5.27. The summed E-state index contributed by atoms with van der Waals surface area (Å²) in [5.74, 6) is -0.184. The summed E-state index contributed by atoms with van der Waals surface area (Å²) in [6, 6.07) is 7.13. The number of hydrogen-bond donors (Lipinski definition) is 1. The minimum absolute atomic E-state index is 0.0332. The van der Waals surface area contributed by atoms with Crippen molar-refractivity contribution in [2.75, 3.05) is 12.8 Å². The smallest absolute Gasteiger partial charge is 0.267 e. The van der Waals surface area contributed by atoms with Crippen LogP contribution in [0.5, 0.6) is 5.88 Å². The molecule has 0 aliphatic carbocycles. The monoisotopic (exact) mass is 249 g/mol. The largest absolute Gasteiger partial charge is 0.480 e. The molecule has 18 heavy (non-hydrogen) atoms. The molecule has 0 saturated heterocycles. The summed E-state index contributed by atoms with van der Waals surface area (Å²) in [7, 11) is 1.44. The molecular formula is C12H12FN3O2. The number of benzene rings is 1. The fourth-order valence-corrected chi connectivity index (χ4v) is 1.54. The first-order valence-corrected chi connectivity index (χ1v) is 5.27. The lowest BCUT2D eigenvalue weighted by Gasteiger charge is -2.09. The van der Waals surface area contributed by atoms with Crippen LogP contribution in [0.2, 0.25) is 0 Å². The van der Waals surface area contributed by atoms with Crippen molar-refractivity contribution in [2.45, 2.75) is 6.54 Å². The third-order valence-electron chi connectivity index (χ3n) is 2.51. The first kappa shape index (κ1) is 12.1. The van der Waals surface area contributed by atoms with Gasteiger partial charge in [-0.3, -0.25) is 4.79 Å². The maximum atomic E-state index is 13.6. The summed E-state index contributed by atoms with van der Waals surface area (Å²) >= 11 is 0. The summed E-state index contributed by atoms with van der Waals surface area (Å²) in [5.41, 5.74) is 5.85. The van der Waals surface area contributed by atoms with Crippen LogP contribution < -0.4 is 16.0 Å². The van der Waals surface area contributed by atoms with Crippen LogP contribution in [-0.4, -0.2) is 16.9 Å². The lowest BCUT2D eigenvalue weighted by Crippen LogP contribution is -2.23. The van der Waals surface area contributed by atoms with Crippen molar-refractivity contribution in [3.63, 3.8) is 0 Å². The van der Waals surface area contributed by atoms with Gasteiger partial charge in [-0.15, -0.1) is 5.10 Å². The van der Waals surface area contributed by atoms with Gasteiger partial charge in [0.05, 0.1) is 13.7 Å². The number of anilines is 1. The Labute approximate surface area is 103 Å². The maximum Gasteiger partial charge on any atom is 0.267 e. The predicted molar refractivity (Wildman–Crippen MR) is 65.0 cm³/mol. The zero-order valence-electron chi connectivity index (χ0n) is 9.76. The Balaban J connectivity index is 2.43. The third kappa shape index (κ3) is 2.32. The molecule has 0 atom stereocenters. The van der Waals surface area contributed by atoms with E-state index in [-0.39, 0.29) is 29.2 Å². The van der Waals surface area contributed by atoms with Gasteiger partial charge in [-0.05, 0) is 12.1 Å². The Morgan fingerprint density at radius 2 is 2.17 bits per heavy atom. The molecule has 0 unspecified atom stereocenters. The second-order valence-corrected chi connectivity index (χ2v) is 3.68. The molecular weight excluding hydrogens is 237 g/mol. The van der Waals surface area contributed by atoms with Gasteiger partial charge in [0.25, 0.3) is 5.56 Å². The van der Waals surface area contributed by atoms with E-state index in [4.69, 9.17) is 10.5 Å². The zero-order chi connectivity index (χ0) is 13.1. The van der Waals surface area contributed by atoms with E-state index in [0.29, 0.717) is 0 Å². The molecule has 0 saturated carbocycles. The molecule has 6 heteroatoms. The van der Waals surface area contributed by atoms with Gasteiger partial charge in [-0.25, -0.2) is 9.07 Å². The van der Waals surface area contributed by atoms with Crippen LogP contribution in [0.1, 0.15) is 5.56 Å². The molecule has 2 N–H and O–H groups in total. The number of nitrogens with zero attached hydrogens (tertiary/aromatic N) is 2. The van der Waals surface area contributed by atoms with Crippen molar-refractivity contribution in [2.24, 2.45) is 0 Å². The summed E-state index contributed by atoms with van der Waals surface area (Å²) in [6.07, 6.45) is 0. The molecule has 1 heterocycles. The van der Waals surface area contributed by atoms with Gasteiger partial charge < -0.3 is 10.5 Å². The second-order valence-electron chi connectivity index (χ2n) is 3.68. The average molecular weight is 249 g/mol. The summed E-state index contributed by atoms with van der Waals surface area (Å²) in [5, 5.41) is 3.93. The van der Waals surface area contributed by atoms with E-state index >= 15 is 0 Å². The highest BCUT2D eigenvalue weighted by atomic mass is 19.1. The molecule has 1 aromatic heterocycles. The number of rotatable bonds is 3. The molecule has 0 aliphatic rings. The molecule has 0 bridgehead atoms. The van der Waals surface area contributed by atoms with Crippen LogP contribution in [-0.2, 0) is 6.54 Å². The fraction of sp³-hybridized carbons (Fsp3) is 0.167. The molecule has 94 valence electrons. The molecule has 1 aromatic carbocycles. The maximum absolute atomic E-state index is 13.6. The fourth-order valence-electron chi connectivity index (χ4n) is 1.54. The van der Waals surface area contributed by atoms with Gasteiger partial charge in [0.2, 0.25) is 5.88 Å². The minimum atomic E-state index is -0.466. The van der Waals surface area contributed by atoms with Crippen molar-refractivity contribution in [3.8, 4) is 5.88 Å². The highest BCUT2D eigenvalue weighted by Gasteiger charge is 2.09. The number of aromatic nitrogens is 2. The molecule has 0 fully saturated rings. The van der Waals surface area contributed by atoms with E-state index in [2.05, 4.69) is 5.10 Å². The number of hydrogen-bond acceptors (Lipinski definition) is 4. The van der Waals surface area contributed by atoms with Gasteiger partial charge in [0.15, 0.2) is 0 Å². The summed E-state index contributed by atoms with van der Waals surface area (Å²) < 4.78 is 19.6. The molecule has 0 radical (unpaired) electrons. The van der Waals surface area contributed by atoms with Gasteiger partial charge in [0.1, 0.15) is 5.82 Å². The Hall–Kier alpha value is -2.37. The number of methoxy groups -OCH3 is 1. The summed E-state index contributed by atoms with van der Waals surface area (Å²) in [4.78, 5) is 11.6. The lowest BCUT2D eigenvalue weighted by molar-refractivity contribution is 0.378. The van der Waals surface area contributed by atoms with E-state index in [1.165, 1.54) is 31.4 Å². The Morgan fingerprint density at radius 3 is 2.83 bits per heavy atom. The van der Waals surface area contributed by atoms with Crippen LogP contribution in [0.15, 0.2) is 35.1 Å². The van der Waals surface area contributed by atoms with Gasteiger partial charge in [0, 0.05) is 23.4 Å². The lowest BCUT2D eigenvalue weighted by atomic mass is 10.1. The van der Waals surface area contributed by atoms with Crippen molar-refractivity contribution in [3.05, 3.63) is 52.1 Å². The Kier molecular flexibility index (Phi) is 3.27. The standard InChI is InChI=1S/C12H12FN3O2/c1-18-11-5-6-12(17)16(15-11)7-8-9(13)3-2-4-10(8)14/h2-6H,7,14H2,1H3. The minimum Gasteiger partial charge on any atom is -0.480 e. The van der Waals surface area contributed by atoms with E-state index in [0.717, 1.165) is 4.68 Å². The van der Waals surface area contributed by atoms with Crippen molar-refractivity contribution < 1.29 is 9.13 Å². The van der Waals surface area contributed by atoms with Gasteiger partial charge in [-0.2, -0.15) is 0 Å². The van der Waals surface area contributed by atoms with Gasteiger partial charge in [-0.1, -0.05) is 6.07 Å². The van der Waals surface area contributed by atoms with Crippen molar-refractivity contribution >= 4 is 5.69 Å². The normalized spacial score (nSPS) is 10.3. The van der Waals surface area contributed by atoms with Gasteiger partial charge >= 0.3 is 0 Å². The third-order valence-corrected chi connectivity index (χ3v) is 2.51. The van der Waals surface area contributed by atoms with E-state index < -0.39 is 5.82 Å². The quantitative estimate of drug-likeness (QED) is 0.824. The molecule has 2 aromatic rings. The molecule has 0 spiro atoms. The summed E-state index contributed by atoms with van der Waals surface area (Å²) in [6.45, 7) is -0.0332. The van der Waals surface area contributed by atoms with Crippen LogP contribution in [0, 0.1) is 5.82 Å². The van der Waals surface area contributed by atoms with Crippen LogP contribution in [0.25, 0.3) is 0 Å². The van der Waals surface area contributed by atoms with E-state index in [9.17, 15) is 9.18 Å². The molecule has 0 amide bonds. The number of nitrogens with two attached hydrogens (primary N) is 1. The number of nitrogen functional groups attached to an aromatic ring is 1. The Morgan fingerprint density at radius 1 is 1.39 bits per heavy atom. The topological polar surface area (TPSA) is 70.1 Å². The van der Waals surface area contributed by atoms with E-state index in [1.54, 1.807) is 6.07 Å². The SMILES string of the molecule is COc1ccc(=O)n(Cc2c(N)cccc2F)n1. The van der Waals surface area contributed by atoms with Crippen LogP contribution >= 0.6 is 0 Å². The average Bonchev–Trinajstić information content (AvgIpc) is 2.36. The second kappa shape index (κ2) is 4.87. The molecule has 0 aliphatic heterocycles. The highest BCUT2D eigenvalue weighted by molar-refractivity contribution is 5.47. The number of halogens is 1. The molecule has 2 rings (SSSR count). The van der Waals surface area contributed by atoms with E-state index in [1.807, 2.05) is 0 Å². The predicted octanol–water partition coefficient (Wildman–Crippen LogP) is 1.02. The highest BCUT2D eigenvalue weighted by Crippen LogP contribution is 2.16. The Bertz CT molecular complexity index is 605. The zero-order valence-corrected chi connectivity index (χ0v) is 9.76. The number of ether oxygens (including phenoxy) is 1. The van der Waals surface area contributed by atoms with Crippen molar-refractivity contribution in [1.82, 2.24) is 9.78 Å². The van der Waals surface area contributed by atoms with Crippen LogP contribution in [0.3, 0.4) is 0 Å². The van der Waals surface area contributed by atoms with Crippen molar-refractivity contribution in [1.29, 1.82) is 0 Å². The molecule has 5 nitrogen and oxygen atoms in total. The first-order chi connectivity index (χ1) is 8.61. The van der Waals surface area contributed by atoms with Crippen LogP contribution in [0.4, 0.5) is 10.1 Å².